The Hall–Kier alpha value is -1.66. The summed E-state index contributed by atoms with van der Waals surface area (Å²) in [5.41, 5.74) is 0.0345. The lowest BCUT2D eigenvalue weighted by atomic mass is 9.81. The van der Waals surface area contributed by atoms with Crippen LogP contribution >= 0.6 is 0 Å². The lowest BCUT2D eigenvalue weighted by molar-refractivity contribution is -0.154. The van der Waals surface area contributed by atoms with Crippen LogP contribution in [0.1, 0.15) is 12.0 Å². The van der Waals surface area contributed by atoms with Crippen LogP contribution in [-0.4, -0.2) is 49.5 Å². The van der Waals surface area contributed by atoms with Crippen molar-refractivity contribution in [3.8, 4) is 0 Å². The number of methoxy groups -OCH3 is 2. The van der Waals surface area contributed by atoms with Gasteiger partial charge in [0.15, 0.2) is 0 Å². The highest BCUT2D eigenvalue weighted by molar-refractivity contribution is 5.65. The number of halogens is 1. The van der Waals surface area contributed by atoms with Crippen molar-refractivity contribution in [2.75, 3.05) is 27.3 Å². The molecule has 1 aromatic carbocycles. The Kier molecular flexibility index (Phi) is 4.25. The van der Waals surface area contributed by atoms with E-state index in [1.54, 1.807) is 19.2 Å². The predicted octanol–water partition coefficient (Wildman–Crippen LogP) is 2.07. The smallest absolute Gasteiger partial charge is 0.407 e. The average molecular weight is 283 g/mol. The summed E-state index contributed by atoms with van der Waals surface area (Å²) in [7, 11) is 3.08. The van der Waals surface area contributed by atoms with Gasteiger partial charge in [-0.25, -0.2) is 9.18 Å². The first-order valence-corrected chi connectivity index (χ1v) is 6.35. The van der Waals surface area contributed by atoms with Gasteiger partial charge in [-0.05, 0) is 17.7 Å². The van der Waals surface area contributed by atoms with Crippen molar-refractivity contribution in [3.63, 3.8) is 0 Å². The van der Waals surface area contributed by atoms with Gasteiger partial charge < -0.3 is 19.5 Å². The molecule has 1 amide bonds. The zero-order valence-electron chi connectivity index (χ0n) is 11.5. The van der Waals surface area contributed by atoms with Gasteiger partial charge in [-0.15, -0.1) is 0 Å². The third kappa shape index (κ3) is 2.48. The van der Waals surface area contributed by atoms with Gasteiger partial charge in [-0.3, -0.25) is 0 Å². The fraction of sp³-hybridized carbons (Fsp3) is 0.500. The highest BCUT2D eigenvalue weighted by atomic mass is 19.1. The fourth-order valence-corrected chi connectivity index (χ4v) is 2.75. The number of amides is 1. The number of benzene rings is 1. The van der Waals surface area contributed by atoms with Crippen LogP contribution in [0.25, 0.3) is 0 Å². The molecule has 20 heavy (non-hydrogen) atoms. The van der Waals surface area contributed by atoms with E-state index in [4.69, 9.17) is 14.6 Å². The molecule has 1 heterocycles. The minimum absolute atomic E-state index is 0.219. The molecule has 0 spiro atoms. The maximum absolute atomic E-state index is 13.1. The number of carbonyl (C=O) groups is 1. The second-order valence-electron chi connectivity index (χ2n) is 4.80. The first kappa shape index (κ1) is 14.7. The van der Waals surface area contributed by atoms with Crippen molar-refractivity contribution in [1.29, 1.82) is 0 Å². The maximum atomic E-state index is 13.1. The van der Waals surface area contributed by atoms with Gasteiger partial charge >= 0.3 is 6.09 Å². The number of carboxylic acid groups (broad SMARTS) is 1. The first-order valence-electron chi connectivity index (χ1n) is 6.35. The molecule has 0 bridgehead atoms. The SMILES string of the molecule is CO[C@H]1CN(C(=O)O)CC[C@]1(OC)c1ccc(F)cc1. The maximum Gasteiger partial charge on any atom is 0.407 e. The first-order chi connectivity index (χ1) is 9.53. The van der Waals surface area contributed by atoms with E-state index in [0.29, 0.717) is 13.0 Å². The molecule has 5 nitrogen and oxygen atoms in total. The molecule has 2 atom stereocenters. The third-order valence-electron chi connectivity index (χ3n) is 3.91. The van der Waals surface area contributed by atoms with E-state index >= 15 is 0 Å². The predicted molar refractivity (Wildman–Crippen MR) is 70.1 cm³/mol. The normalized spacial score (nSPS) is 26.6. The average Bonchev–Trinajstić information content (AvgIpc) is 2.47. The fourth-order valence-electron chi connectivity index (χ4n) is 2.75. The van der Waals surface area contributed by atoms with Crippen molar-refractivity contribution in [2.45, 2.75) is 18.1 Å². The minimum atomic E-state index is -0.976. The van der Waals surface area contributed by atoms with Crippen LogP contribution in [0.2, 0.25) is 0 Å². The quantitative estimate of drug-likeness (QED) is 0.922. The molecule has 0 unspecified atom stereocenters. The van der Waals surface area contributed by atoms with Crippen LogP contribution in [-0.2, 0) is 15.1 Å². The van der Waals surface area contributed by atoms with E-state index in [2.05, 4.69) is 0 Å². The van der Waals surface area contributed by atoms with Crippen LogP contribution in [0.5, 0.6) is 0 Å². The molecular formula is C14H18FNO4. The van der Waals surface area contributed by atoms with E-state index in [0.717, 1.165) is 5.56 Å². The highest BCUT2D eigenvalue weighted by Gasteiger charge is 2.46. The summed E-state index contributed by atoms with van der Waals surface area (Å²) in [6.07, 6.45) is -0.960. The number of ether oxygens (including phenoxy) is 2. The summed E-state index contributed by atoms with van der Waals surface area (Å²) in [6.45, 7) is 0.567. The van der Waals surface area contributed by atoms with E-state index in [1.165, 1.54) is 24.1 Å². The van der Waals surface area contributed by atoms with Gasteiger partial charge in [-0.1, -0.05) is 12.1 Å². The molecule has 0 aromatic heterocycles. The molecule has 6 heteroatoms. The Morgan fingerprint density at radius 1 is 1.40 bits per heavy atom. The molecule has 2 rings (SSSR count). The Labute approximate surface area is 116 Å². The zero-order chi connectivity index (χ0) is 14.8. The lowest BCUT2D eigenvalue weighted by Gasteiger charge is -2.45. The number of hydrogen-bond acceptors (Lipinski definition) is 3. The second kappa shape index (κ2) is 5.76. The third-order valence-corrected chi connectivity index (χ3v) is 3.91. The van der Waals surface area contributed by atoms with Gasteiger partial charge in [0, 0.05) is 27.2 Å². The summed E-state index contributed by atoms with van der Waals surface area (Å²) < 4.78 is 24.2. The lowest BCUT2D eigenvalue weighted by Crippen LogP contribution is -2.56. The molecule has 0 radical (unpaired) electrons. The Bertz CT molecular complexity index is 479. The van der Waals surface area contributed by atoms with Crippen molar-refractivity contribution in [3.05, 3.63) is 35.6 Å². The van der Waals surface area contributed by atoms with Crippen LogP contribution in [0.15, 0.2) is 24.3 Å². The largest absolute Gasteiger partial charge is 0.465 e. The van der Waals surface area contributed by atoms with Crippen molar-refractivity contribution in [1.82, 2.24) is 4.90 Å². The van der Waals surface area contributed by atoms with Crippen LogP contribution in [0, 0.1) is 5.82 Å². The summed E-state index contributed by atoms with van der Waals surface area (Å²) >= 11 is 0. The van der Waals surface area contributed by atoms with Crippen molar-refractivity contribution < 1.29 is 23.8 Å². The Morgan fingerprint density at radius 3 is 2.55 bits per heavy atom. The van der Waals surface area contributed by atoms with E-state index in [9.17, 15) is 9.18 Å². The molecule has 1 aliphatic heterocycles. The van der Waals surface area contributed by atoms with Gasteiger partial charge in [0.1, 0.15) is 17.5 Å². The van der Waals surface area contributed by atoms with E-state index in [-0.39, 0.29) is 12.4 Å². The van der Waals surface area contributed by atoms with Crippen LogP contribution < -0.4 is 0 Å². The molecular weight excluding hydrogens is 265 g/mol. The van der Waals surface area contributed by atoms with Gasteiger partial charge in [0.25, 0.3) is 0 Å². The molecule has 1 N–H and O–H groups in total. The minimum Gasteiger partial charge on any atom is -0.465 e. The van der Waals surface area contributed by atoms with Crippen molar-refractivity contribution in [2.24, 2.45) is 0 Å². The number of nitrogens with zero attached hydrogens (tertiary/aromatic N) is 1. The second-order valence-corrected chi connectivity index (χ2v) is 4.80. The summed E-state index contributed by atoms with van der Waals surface area (Å²) in [6, 6.07) is 6.04. The molecule has 1 saturated heterocycles. The number of piperidine rings is 1. The molecule has 0 saturated carbocycles. The summed E-state index contributed by atoms with van der Waals surface area (Å²) in [5.74, 6) is -0.322. The van der Waals surface area contributed by atoms with Crippen molar-refractivity contribution >= 4 is 6.09 Å². The number of rotatable bonds is 3. The van der Waals surface area contributed by atoms with Crippen LogP contribution in [0.4, 0.5) is 9.18 Å². The van der Waals surface area contributed by atoms with E-state index < -0.39 is 17.8 Å². The molecule has 1 aliphatic rings. The highest BCUT2D eigenvalue weighted by Crippen LogP contribution is 2.38. The molecule has 1 aromatic rings. The summed E-state index contributed by atoms with van der Waals surface area (Å²) in [5, 5.41) is 9.08. The molecule has 0 aliphatic carbocycles. The van der Waals surface area contributed by atoms with Gasteiger partial charge in [0.05, 0.1) is 6.54 Å². The molecule has 110 valence electrons. The number of hydrogen-bond donors (Lipinski definition) is 1. The van der Waals surface area contributed by atoms with Gasteiger partial charge in [-0.2, -0.15) is 0 Å². The standard InChI is InChI=1S/C14H18FNO4/c1-19-12-9-16(13(17)18)8-7-14(12,20-2)10-3-5-11(15)6-4-10/h3-6,12H,7-9H2,1-2H3,(H,17,18)/t12-,14-/m0/s1. The Morgan fingerprint density at radius 2 is 2.05 bits per heavy atom. The summed E-state index contributed by atoms with van der Waals surface area (Å²) in [4.78, 5) is 12.4. The Balaban J connectivity index is 2.34. The van der Waals surface area contributed by atoms with Gasteiger partial charge in [0.2, 0.25) is 0 Å². The molecule has 1 fully saturated rings. The monoisotopic (exact) mass is 283 g/mol. The number of likely N-dealkylation sites (tertiary alicyclic amines) is 1. The van der Waals surface area contributed by atoms with Crippen LogP contribution in [0.3, 0.4) is 0 Å². The van der Waals surface area contributed by atoms with E-state index in [1.807, 2.05) is 0 Å². The zero-order valence-corrected chi connectivity index (χ0v) is 11.5. The topological polar surface area (TPSA) is 59.0 Å².